The second-order valence-corrected chi connectivity index (χ2v) is 6.91. The molecule has 2 heterocycles. The summed E-state index contributed by atoms with van der Waals surface area (Å²) in [5.74, 6) is 1.62. The lowest BCUT2D eigenvalue weighted by molar-refractivity contribution is 0.214. The monoisotopic (exact) mass is 437 g/mol. The zero-order valence-electron chi connectivity index (χ0n) is 15.8. The highest BCUT2D eigenvalue weighted by atomic mass is 35.5. The highest BCUT2D eigenvalue weighted by molar-refractivity contribution is 5.98. The van der Waals surface area contributed by atoms with Gasteiger partial charge in [-0.25, -0.2) is 0 Å². The van der Waals surface area contributed by atoms with Crippen LogP contribution in [-0.2, 0) is 12.8 Å². The van der Waals surface area contributed by atoms with E-state index >= 15 is 0 Å². The van der Waals surface area contributed by atoms with Gasteiger partial charge in [0.15, 0.2) is 11.5 Å². The Morgan fingerprint density at radius 1 is 1.17 bits per heavy atom. The lowest BCUT2D eigenvalue weighted by Gasteiger charge is -2.14. The van der Waals surface area contributed by atoms with Crippen molar-refractivity contribution in [2.75, 3.05) is 13.1 Å². The Bertz CT molecular complexity index is 984. The zero-order chi connectivity index (χ0) is 18.8. The second kappa shape index (κ2) is 9.87. The molecule has 4 rings (SSSR count). The molecule has 156 valence electrons. The Hall–Kier alpha value is -2.41. The molecule has 29 heavy (non-hydrogen) atoms. The number of aromatic hydroxyl groups is 1. The third-order valence-electron chi connectivity index (χ3n) is 4.87. The number of nitrogens with one attached hydrogen (secondary N) is 2. The Labute approximate surface area is 181 Å². The van der Waals surface area contributed by atoms with Gasteiger partial charge in [0.1, 0.15) is 23.3 Å². The highest BCUT2D eigenvalue weighted by Gasteiger charge is 2.17. The first-order valence-electron chi connectivity index (χ1n) is 9.14. The van der Waals surface area contributed by atoms with Crippen molar-refractivity contribution < 1.29 is 14.3 Å². The van der Waals surface area contributed by atoms with E-state index in [0.717, 1.165) is 54.6 Å². The molecule has 1 aliphatic heterocycles. The van der Waals surface area contributed by atoms with Gasteiger partial charge >= 0.3 is 0 Å². The first-order chi connectivity index (χ1) is 13.1. The van der Waals surface area contributed by atoms with Crippen LogP contribution in [0.3, 0.4) is 0 Å². The predicted molar refractivity (Wildman–Crippen MR) is 119 cm³/mol. The summed E-state index contributed by atoms with van der Waals surface area (Å²) in [6, 6.07) is 13.0. The van der Waals surface area contributed by atoms with Crippen LogP contribution in [0.4, 0.5) is 0 Å². The number of hydrogen-bond acceptors (Lipinski definition) is 5. The fraction of sp³-hybridized carbons (Fsp3) is 0.286. The van der Waals surface area contributed by atoms with E-state index in [1.54, 1.807) is 12.1 Å². The quantitative estimate of drug-likeness (QED) is 0.346. The van der Waals surface area contributed by atoms with Gasteiger partial charge in [-0.3, -0.25) is 5.41 Å². The maximum atomic E-state index is 10.2. The van der Waals surface area contributed by atoms with Crippen molar-refractivity contribution in [3.8, 4) is 11.5 Å². The van der Waals surface area contributed by atoms with Crippen molar-refractivity contribution in [1.82, 2.24) is 5.32 Å². The summed E-state index contributed by atoms with van der Waals surface area (Å²) in [4.78, 5) is 0. The number of halogens is 2. The number of rotatable bonds is 6. The summed E-state index contributed by atoms with van der Waals surface area (Å²) in [5.41, 5.74) is 8.03. The average molecular weight is 438 g/mol. The number of nitrogen functional groups attached to an aromatic ring is 1. The molecule has 0 unspecified atom stereocenters. The van der Waals surface area contributed by atoms with E-state index in [9.17, 15) is 5.11 Å². The van der Waals surface area contributed by atoms with E-state index in [-0.39, 0.29) is 42.5 Å². The lowest BCUT2D eigenvalue weighted by Crippen LogP contribution is -2.19. The normalized spacial score (nSPS) is 15.5. The van der Waals surface area contributed by atoms with Crippen molar-refractivity contribution in [1.29, 1.82) is 5.41 Å². The van der Waals surface area contributed by atoms with Crippen LogP contribution in [0.25, 0.3) is 11.0 Å². The lowest BCUT2D eigenvalue weighted by atomic mass is 10.1. The Morgan fingerprint density at radius 2 is 2.00 bits per heavy atom. The minimum atomic E-state index is 0. The Kier molecular flexibility index (Phi) is 7.79. The smallest absolute Gasteiger partial charge is 0.161 e. The van der Waals surface area contributed by atoms with Gasteiger partial charge in [0.25, 0.3) is 0 Å². The molecule has 1 atom stereocenters. The number of hydrogen-bond donors (Lipinski definition) is 4. The molecule has 1 aromatic heterocycles. The largest absolute Gasteiger partial charge is 0.504 e. The number of nitrogens with two attached hydrogens (primary N) is 1. The summed E-state index contributed by atoms with van der Waals surface area (Å²) in [6.07, 6.45) is 2.55. The minimum absolute atomic E-state index is 0. The standard InChI is InChI=1S/C21H23N3O3.2ClH/c22-21(23)14-3-6-19-15(10-14)11-16(26-19)4-1-13-2-5-20(18(25)9-13)27-17-7-8-24-12-17;;/h2-3,5-6,9-11,17,24-25H,1,4,7-8,12H2,(H3,22,23);2*1H/t17-;;/m0../s1. The van der Waals surface area contributed by atoms with E-state index < -0.39 is 0 Å². The topological polar surface area (TPSA) is 105 Å². The molecule has 5 N–H and O–H groups in total. The summed E-state index contributed by atoms with van der Waals surface area (Å²) in [6.45, 7) is 1.77. The molecule has 0 spiro atoms. The molecule has 8 heteroatoms. The first kappa shape index (κ1) is 22.9. The van der Waals surface area contributed by atoms with Crippen LogP contribution in [-0.4, -0.2) is 30.1 Å². The van der Waals surface area contributed by atoms with Crippen LogP contribution < -0.4 is 15.8 Å². The van der Waals surface area contributed by atoms with E-state index in [2.05, 4.69) is 5.32 Å². The van der Waals surface area contributed by atoms with Gasteiger partial charge in [0, 0.05) is 23.9 Å². The molecule has 6 nitrogen and oxygen atoms in total. The predicted octanol–water partition coefficient (Wildman–Crippen LogP) is 3.79. The van der Waals surface area contributed by atoms with Gasteiger partial charge in [-0.15, -0.1) is 24.8 Å². The van der Waals surface area contributed by atoms with Gasteiger partial charge in [-0.2, -0.15) is 0 Å². The maximum Gasteiger partial charge on any atom is 0.161 e. The zero-order valence-corrected chi connectivity index (χ0v) is 17.4. The van der Waals surface area contributed by atoms with Crippen LogP contribution in [0.5, 0.6) is 11.5 Å². The van der Waals surface area contributed by atoms with Crippen molar-refractivity contribution in [3.05, 3.63) is 59.4 Å². The van der Waals surface area contributed by atoms with Crippen molar-refractivity contribution in [2.45, 2.75) is 25.4 Å². The Balaban J connectivity index is 0.00000150. The van der Waals surface area contributed by atoms with Gasteiger partial charge in [0.2, 0.25) is 0 Å². The molecule has 0 amide bonds. The minimum Gasteiger partial charge on any atom is -0.504 e. The number of phenols is 1. The highest BCUT2D eigenvalue weighted by Crippen LogP contribution is 2.29. The molecule has 0 radical (unpaired) electrons. The fourth-order valence-electron chi connectivity index (χ4n) is 3.38. The Morgan fingerprint density at radius 3 is 2.69 bits per heavy atom. The van der Waals surface area contributed by atoms with Crippen LogP contribution in [0.2, 0.25) is 0 Å². The van der Waals surface area contributed by atoms with Gasteiger partial charge in [-0.1, -0.05) is 6.07 Å². The van der Waals surface area contributed by atoms with Crippen molar-refractivity contribution >= 4 is 41.6 Å². The van der Waals surface area contributed by atoms with Gasteiger partial charge in [-0.05, 0) is 61.3 Å². The maximum absolute atomic E-state index is 10.2. The van der Waals surface area contributed by atoms with E-state index in [4.69, 9.17) is 20.3 Å². The number of ether oxygens (including phenoxy) is 1. The number of fused-ring (bicyclic) bond motifs is 1. The molecule has 1 saturated heterocycles. The molecular formula is C21H25Cl2N3O3. The molecule has 0 bridgehead atoms. The summed E-state index contributed by atoms with van der Waals surface area (Å²) in [5, 5.41) is 22.0. The van der Waals surface area contributed by atoms with Gasteiger partial charge < -0.3 is 25.3 Å². The molecule has 2 aromatic carbocycles. The second-order valence-electron chi connectivity index (χ2n) is 6.91. The van der Waals surface area contributed by atoms with Crippen LogP contribution in [0.1, 0.15) is 23.3 Å². The molecule has 1 aliphatic rings. The number of furan rings is 1. The summed E-state index contributed by atoms with van der Waals surface area (Å²) >= 11 is 0. The fourth-order valence-corrected chi connectivity index (χ4v) is 3.38. The number of benzene rings is 2. The SMILES string of the molecule is Cl.Cl.N=C(N)c1ccc2oc(CCc3ccc(O[C@H]4CCNC4)c(O)c3)cc2c1. The number of phenolic OH excluding ortho intramolecular Hbond substituents is 1. The third kappa shape index (κ3) is 5.35. The molecule has 0 aliphatic carbocycles. The van der Waals surface area contributed by atoms with E-state index in [1.807, 2.05) is 30.3 Å². The first-order valence-corrected chi connectivity index (χ1v) is 9.14. The van der Waals surface area contributed by atoms with Crippen LogP contribution in [0, 0.1) is 5.41 Å². The van der Waals surface area contributed by atoms with Crippen LogP contribution in [0.15, 0.2) is 46.9 Å². The average Bonchev–Trinajstić information content (AvgIpc) is 3.30. The van der Waals surface area contributed by atoms with Gasteiger partial charge in [0.05, 0.1) is 0 Å². The van der Waals surface area contributed by atoms with E-state index in [0.29, 0.717) is 11.3 Å². The molecule has 3 aromatic rings. The molecule has 0 saturated carbocycles. The molecular weight excluding hydrogens is 413 g/mol. The summed E-state index contributed by atoms with van der Waals surface area (Å²) < 4.78 is 11.7. The third-order valence-corrected chi connectivity index (χ3v) is 4.87. The molecule has 1 fully saturated rings. The number of amidine groups is 1. The van der Waals surface area contributed by atoms with Crippen molar-refractivity contribution in [2.24, 2.45) is 5.73 Å². The van der Waals surface area contributed by atoms with E-state index in [1.165, 1.54) is 0 Å². The summed E-state index contributed by atoms with van der Waals surface area (Å²) in [7, 11) is 0. The van der Waals surface area contributed by atoms with Crippen molar-refractivity contribution in [3.63, 3.8) is 0 Å². The number of aryl methyl sites for hydroxylation is 2. The van der Waals surface area contributed by atoms with Crippen LogP contribution >= 0.6 is 24.8 Å².